The van der Waals surface area contributed by atoms with Crippen LogP contribution in [0.2, 0.25) is 0 Å². The van der Waals surface area contributed by atoms with Gasteiger partial charge in [-0.15, -0.1) is 12.4 Å². The van der Waals surface area contributed by atoms with Crippen LogP contribution in [-0.2, 0) is 27.5 Å². The second-order valence-electron chi connectivity index (χ2n) is 7.43. The number of nitrogens with zero attached hydrogens (tertiary/aromatic N) is 1. The number of nitrogens with two attached hydrogens (primary N) is 1. The van der Waals surface area contributed by atoms with Crippen molar-refractivity contribution in [2.24, 2.45) is 11.7 Å². The zero-order chi connectivity index (χ0) is 18.0. The van der Waals surface area contributed by atoms with Gasteiger partial charge in [0.15, 0.2) is 9.84 Å². The molecule has 2 aliphatic rings. The number of hydrogen-bond donors (Lipinski definition) is 1. The van der Waals surface area contributed by atoms with Gasteiger partial charge in [-0.3, -0.25) is 4.79 Å². The SMILES string of the molecule is CC(N)C1CCN(C(=O)CCS(=O)(=O)c2ccc3c(c2)CCC3)CC1.Cl. The summed E-state index contributed by atoms with van der Waals surface area (Å²) in [4.78, 5) is 14.5. The fourth-order valence-electron chi connectivity index (χ4n) is 3.91. The average Bonchev–Trinajstić information content (AvgIpc) is 3.07. The molecule has 1 aromatic rings. The highest BCUT2D eigenvalue weighted by Crippen LogP contribution is 2.26. The van der Waals surface area contributed by atoms with Crippen LogP contribution in [-0.4, -0.2) is 44.1 Å². The van der Waals surface area contributed by atoms with Gasteiger partial charge in [0.1, 0.15) is 0 Å². The number of likely N-dealkylation sites (tertiary alicyclic amines) is 1. The molecule has 146 valence electrons. The van der Waals surface area contributed by atoms with Crippen LogP contribution in [0.5, 0.6) is 0 Å². The highest BCUT2D eigenvalue weighted by Gasteiger charge is 2.26. The quantitative estimate of drug-likeness (QED) is 0.822. The molecular formula is C19H29ClN2O3S. The number of fused-ring (bicyclic) bond motifs is 1. The Kier molecular flexibility index (Phi) is 7.11. The number of carbonyl (C=O) groups is 1. The van der Waals surface area contributed by atoms with E-state index in [0.29, 0.717) is 23.9 Å². The number of sulfone groups is 1. The molecule has 3 rings (SSSR count). The molecule has 1 aliphatic heterocycles. The number of benzene rings is 1. The Labute approximate surface area is 162 Å². The van der Waals surface area contributed by atoms with Gasteiger partial charge in [-0.05, 0) is 68.2 Å². The summed E-state index contributed by atoms with van der Waals surface area (Å²) in [6.07, 6.45) is 4.94. The molecule has 1 heterocycles. The molecule has 26 heavy (non-hydrogen) atoms. The van der Waals surface area contributed by atoms with E-state index in [1.165, 1.54) is 5.56 Å². The maximum absolute atomic E-state index is 12.6. The van der Waals surface area contributed by atoms with E-state index in [0.717, 1.165) is 37.7 Å². The average molecular weight is 401 g/mol. The molecule has 1 aromatic carbocycles. The van der Waals surface area contributed by atoms with Crippen molar-refractivity contribution in [1.82, 2.24) is 4.90 Å². The topological polar surface area (TPSA) is 80.5 Å². The number of hydrogen-bond acceptors (Lipinski definition) is 4. The van der Waals surface area contributed by atoms with Gasteiger partial charge in [0.25, 0.3) is 0 Å². The van der Waals surface area contributed by atoms with Gasteiger partial charge in [0.2, 0.25) is 5.91 Å². The molecule has 1 fully saturated rings. The second kappa shape index (κ2) is 8.72. The van der Waals surface area contributed by atoms with Crippen molar-refractivity contribution in [2.45, 2.75) is 56.4 Å². The Balaban J connectivity index is 0.00000243. The van der Waals surface area contributed by atoms with Gasteiger partial charge < -0.3 is 10.6 Å². The highest BCUT2D eigenvalue weighted by atomic mass is 35.5. The van der Waals surface area contributed by atoms with Gasteiger partial charge in [0.05, 0.1) is 10.6 Å². The van der Waals surface area contributed by atoms with Crippen LogP contribution in [0.3, 0.4) is 0 Å². The van der Waals surface area contributed by atoms with E-state index >= 15 is 0 Å². The first-order chi connectivity index (χ1) is 11.9. The fourth-order valence-corrected chi connectivity index (χ4v) is 5.19. The standard InChI is InChI=1S/C19H28N2O3S.ClH/c1-14(20)15-7-10-21(11-8-15)19(22)9-12-25(23,24)18-6-5-16-3-2-4-17(16)13-18;/h5-6,13-15H,2-4,7-12,20H2,1H3;1H. The van der Waals surface area contributed by atoms with Gasteiger partial charge in [-0.1, -0.05) is 6.07 Å². The van der Waals surface area contributed by atoms with Crippen molar-refractivity contribution < 1.29 is 13.2 Å². The van der Waals surface area contributed by atoms with E-state index in [1.807, 2.05) is 13.0 Å². The van der Waals surface area contributed by atoms with E-state index < -0.39 is 9.84 Å². The maximum atomic E-state index is 12.6. The first-order valence-electron chi connectivity index (χ1n) is 9.25. The van der Waals surface area contributed by atoms with Gasteiger partial charge in [-0.25, -0.2) is 8.42 Å². The normalized spacial score (nSPS) is 18.9. The summed E-state index contributed by atoms with van der Waals surface area (Å²) in [6.45, 7) is 3.37. The van der Waals surface area contributed by atoms with Crippen LogP contribution < -0.4 is 5.73 Å². The highest BCUT2D eigenvalue weighted by molar-refractivity contribution is 7.91. The molecule has 1 unspecified atom stereocenters. The Morgan fingerprint density at radius 1 is 1.23 bits per heavy atom. The van der Waals surface area contributed by atoms with E-state index in [1.54, 1.807) is 17.0 Å². The predicted molar refractivity (Wildman–Crippen MR) is 105 cm³/mol. The molecule has 0 aromatic heterocycles. The lowest BCUT2D eigenvalue weighted by atomic mass is 9.91. The van der Waals surface area contributed by atoms with Gasteiger partial charge in [0, 0.05) is 25.6 Å². The van der Waals surface area contributed by atoms with Crippen LogP contribution in [0.25, 0.3) is 0 Å². The van der Waals surface area contributed by atoms with Crippen molar-refractivity contribution in [1.29, 1.82) is 0 Å². The summed E-state index contributed by atoms with van der Waals surface area (Å²) in [5, 5.41) is 0. The van der Waals surface area contributed by atoms with Gasteiger partial charge >= 0.3 is 0 Å². The molecule has 0 radical (unpaired) electrons. The van der Waals surface area contributed by atoms with Crippen LogP contribution in [0.1, 0.15) is 43.7 Å². The zero-order valence-corrected chi connectivity index (χ0v) is 16.9. The minimum Gasteiger partial charge on any atom is -0.343 e. The van der Waals surface area contributed by atoms with E-state index in [9.17, 15) is 13.2 Å². The van der Waals surface area contributed by atoms with Crippen molar-refractivity contribution >= 4 is 28.2 Å². The minimum atomic E-state index is -3.41. The van der Waals surface area contributed by atoms with Crippen LogP contribution in [0.15, 0.2) is 23.1 Å². The van der Waals surface area contributed by atoms with Crippen LogP contribution in [0, 0.1) is 5.92 Å². The summed E-state index contributed by atoms with van der Waals surface area (Å²) in [7, 11) is -3.41. The molecule has 1 atom stereocenters. The van der Waals surface area contributed by atoms with Crippen molar-refractivity contribution in [3.8, 4) is 0 Å². The molecule has 1 amide bonds. The Morgan fingerprint density at radius 3 is 2.54 bits per heavy atom. The third-order valence-corrected chi connectivity index (χ3v) is 7.36. The summed E-state index contributed by atoms with van der Waals surface area (Å²) < 4.78 is 25.1. The number of carbonyl (C=O) groups excluding carboxylic acids is 1. The molecule has 7 heteroatoms. The number of amides is 1. The summed E-state index contributed by atoms with van der Waals surface area (Å²) in [5.41, 5.74) is 8.33. The fraction of sp³-hybridized carbons (Fsp3) is 0.632. The Bertz CT molecular complexity index is 741. The Hall–Kier alpha value is -1.11. The maximum Gasteiger partial charge on any atom is 0.223 e. The minimum absolute atomic E-state index is 0. The monoisotopic (exact) mass is 400 g/mol. The molecule has 0 spiro atoms. The van der Waals surface area contributed by atoms with Crippen LogP contribution >= 0.6 is 12.4 Å². The predicted octanol–water partition coefficient (Wildman–Crippen LogP) is 2.35. The molecule has 1 saturated heterocycles. The Morgan fingerprint density at radius 2 is 1.88 bits per heavy atom. The number of piperidine rings is 1. The van der Waals surface area contributed by atoms with Crippen molar-refractivity contribution in [3.63, 3.8) is 0 Å². The van der Waals surface area contributed by atoms with E-state index in [-0.39, 0.29) is 36.5 Å². The first kappa shape index (κ1) is 21.2. The lowest BCUT2D eigenvalue weighted by Crippen LogP contribution is -2.42. The summed E-state index contributed by atoms with van der Waals surface area (Å²) in [6, 6.07) is 5.57. The molecule has 0 saturated carbocycles. The smallest absolute Gasteiger partial charge is 0.223 e. The third-order valence-electron chi connectivity index (χ3n) is 5.65. The van der Waals surface area contributed by atoms with Crippen LogP contribution in [0.4, 0.5) is 0 Å². The lowest BCUT2D eigenvalue weighted by Gasteiger charge is -2.33. The third kappa shape index (κ3) is 4.78. The summed E-state index contributed by atoms with van der Waals surface area (Å²) in [5.74, 6) is 0.282. The summed E-state index contributed by atoms with van der Waals surface area (Å²) >= 11 is 0. The molecule has 1 aliphatic carbocycles. The zero-order valence-electron chi connectivity index (χ0n) is 15.3. The largest absolute Gasteiger partial charge is 0.343 e. The number of rotatable bonds is 5. The molecule has 2 N–H and O–H groups in total. The van der Waals surface area contributed by atoms with E-state index in [2.05, 4.69) is 0 Å². The first-order valence-corrected chi connectivity index (χ1v) is 10.9. The lowest BCUT2D eigenvalue weighted by molar-refractivity contribution is -0.132. The van der Waals surface area contributed by atoms with Gasteiger partial charge in [-0.2, -0.15) is 0 Å². The second-order valence-corrected chi connectivity index (χ2v) is 9.54. The molecular weight excluding hydrogens is 372 g/mol. The molecule has 5 nitrogen and oxygen atoms in total. The number of aryl methyl sites for hydroxylation is 2. The van der Waals surface area contributed by atoms with Crippen molar-refractivity contribution in [2.75, 3.05) is 18.8 Å². The van der Waals surface area contributed by atoms with Crippen molar-refractivity contribution in [3.05, 3.63) is 29.3 Å². The molecule has 0 bridgehead atoms. The number of halogens is 1. The van der Waals surface area contributed by atoms with E-state index in [4.69, 9.17) is 5.73 Å².